The number of aliphatic carboxylic acids is 1. The van der Waals surface area contributed by atoms with Crippen LogP contribution in [0, 0.1) is 11.3 Å². The van der Waals surface area contributed by atoms with Gasteiger partial charge in [0.1, 0.15) is 11.5 Å². The molecule has 0 fully saturated rings. The Hall–Kier alpha value is -2.20. The maximum absolute atomic E-state index is 14.2. The molecule has 0 aliphatic carbocycles. The molecule has 2 aromatic rings. The molecule has 0 spiro atoms. The molecule has 0 amide bonds. The zero-order chi connectivity index (χ0) is 26.0. The molecule has 0 aromatic heterocycles. The van der Waals surface area contributed by atoms with Crippen LogP contribution in [-0.4, -0.2) is 38.7 Å². The van der Waals surface area contributed by atoms with Gasteiger partial charge in [0.15, 0.2) is 0 Å². The van der Waals surface area contributed by atoms with Gasteiger partial charge in [-0.25, -0.2) is 4.79 Å². The van der Waals surface area contributed by atoms with Crippen molar-refractivity contribution in [3.05, 3.63) is 54.1 Å². The third-order valence-corrected chi connectivity index (χ3v) is 9.60. The Morgan fingerprint density at radius 2 is 1.89 bits per heavy atom. The van der Waals surface area contributed by atoms with Gasteiger partial charge in [0.2, 0.25) is 5.83 Å². The van der Waals surface area contributed by atoms with Crippen LogP contribution < -0.4 is 9.64 Å². The summed E-state index contributed by atoms with van der Waals surface area (Å²) in [4.78, 5) is 14.3. The minimum absolute atomic E-state index is 0.0295. The number of fused-ring (bicyclic) bond motifs is 1. The largest absolute Gasteiger partial charge is 0.476 e. The minimum atomic E-state index is -3.27. The van der Waals surface area contributed by atoms with Crippen LogP contribution >= 0.6 is 22.4 Å². The Balaban J connectivity index is 2.28. The highest BCUT2D eigenvalue weighted by Gasteiger charge is 2.44. The van der Waals surface area contributed by atoms with Gasteiger partial charge < -0.3 is 14.7 Å². The van der Waals surface area contributed by atoms with Crippen molar-refractivity contribution in [3.8, 4) is 5.75 Å². The molecule has 35 heavy (non-hydrogen) atoms. The number of halogens is 1. The lowest BCUT2D eigenvalue weighted by Crippen LogP contribution is -2.41. The van der Waals surface area contributed by atoms with Gasteiger partial charge in [-0.1, -0.05) is 45.9 Å². The van der Waals surface area contributed by atoms with Gasteiger partial charge in [0.25, 0.3) is 0 Å². The summed E-state index contributed by atoms with van der Waals surface area (Å²) in [5.41, 5.74) is 1.21. The summed E-state index contributed by atoms with van der Waals surface area (Å²) in [6.45, 7) is 8.47. The van der Waals surface area contributed by atoms with Crippen LogP contribution in [0.3, 0.4) is 0 Å². The molecule has 0 radical (unpaired) electrons. The third kappa shape index (κ3) is 5.48. The first-order valence-electron chi connectivity index (χ1n) is 11.6. The maximum atomic E-state index is 14.2. The number of nitrogens with zero attached hydrogens (tertiary/aromatic N) is 1. The fraction of sp³-hybridized carbons (Fsp3) is 0.423. The molecule has 1 aliphatic rings. The highest BCUT2D eigenvalue weighted by molar-refractivity contribution is 8.24. The van der Waals surface area contributed by atoms with Crippen LogP contribution in [0.15, 0.2) is 63.8 Å². The first kappa shape index (κ1) is 27.4. The van der Waals surface area contributed by atoms with E-state index in [9.17, 15) is 18.3 Å². The van der Waals surface area contributed by atoms with E-state index < -0.39 is 22.4 Å². The monoisotopic (exact) mass is 523 g/mol. The summed E-state index contributed by atoms with van der Waals surface area (Å²) >= 11 is 1.36. The molecular weight excluding hydrogens is 489 g/mol. The van der Waals surface area contributed by atoms with Crippen molar-refractivity contribution < 1.29 is 28.1 Å². The Kier molecular flexibility index (Phi) is 8.47. The molecule has 1 atom stereocenters. The molecule has 9 heteroatoms. The predicted molar refractivity (Wildman–Crippen MR) is 142 cm³/mol. The van der Waals surface area contributed by atoms with Crippen molar-refractivity contribution >= 4 is 39.7 Å². The van der Waals surface area contributed by atoms with Crippen LogP contribution in [0.5, 0.6) is 5.75 Å². The number of para-hydroxylation sites is 1. The Bertz CT molecular complexity index is 1110. The standard InChI is InChI=1S/C26H34FNO5S2/c1-6-20(24(27)25(29)30)33-21-14-23-19(13-22(21)34-5)28(18-11-9-8-10-12-18)15-26(7-2,17(3)4)16-35(23,31)32/h8-14,17,31-32H,6-7,15-16H2,1-5H3,(H,29,30)/b24-20-. The van der Waals surface area contributed by atoms with E-state index in [1.807, 2.05) is 42.7 Å². The van der Waals surface area contributed by atoms with Gasteiger partial charge in [0, 0.05) is 30.1 Å². The van der Waals surface area contributed by atoms with Crippen molar-refractivity contribution in [2.24, 2.45) is 11.3 Å². The predicted octanol–water partition coefficient (Wildman–Crippen LogP) is 7.78. The average Bonchev–Trinajstić information content (AvgIpc) is 2.94. The fourth-order valence-electron chi connectivity index (χ4n) is 4.50. The molecule has 6 nitrogen and oxygen atoms in total. The molecule has 1 heterocycles. The molecule has 1 unspecified atom stereocenters. The number of rotatable bonds is 8. The number of hydrogen-bond donors (Lipinski definition) is 3. The lowest BCUT2D eigenvalue weighted by Gasteiger charge is -2.43. The van der Waals surface area contributed by atoms with Crippen molar-refractivity contribution in [2.75, 3.05) is 23.5 Å². The van der Waals surface area contributed by atoms with E-state index in [0.29, 0.717) is 22.0 Å². The van der Waals surface area contributed by atoms with Gasteiger partial charge in [-0.15, -0.1) is 11.8 Å². The zero-order valence-corrected chi connectivity index (χ0v) is 22.4. The number of carboxylic acids is 1. The first-order chi connectivity index (χ1) is 16.5. The molecule has 2 aromatic carbocycles. The SMILES string of the molecule is CC/C(Oc1cc2c(cc1SC)N(c1ccccc1)CC(CC)(C(C)C)CS2(O)O)=C(/F)C(=O)O. The second kappa shape index (κ2) is 10.8. The van der Waals surface area contributed by atoms with Gasteiger partial charge in [-0.3, -0.25) is 9.11 Å². The molecule has 0 bridgehead atoms. The quantitative estimate of drug-likeness (QED) is 0.185. The second-order valence-corrected chi connectivity index (χ2v) is 12.0. The lowest BCUT2D eigenvalue weighted by atomic mass is 9.76. The summed E-state index contributed by atoms with van der Waals surface area (Å²) in [7, 11) is -3.27. The summed E-state index contributed by atoms with van der Waals surface area (Å²) < 4.78 is 43.1. The van der Waals surface area contributed by atoms with Crippen molar-refractivity contribution in [1.29, 1.82) is 0 Å². The lowest BCUT2D eigenvalue weighted by molar-refractivity contribution is -0.134. The number of carboxylic acid groups (broad SMARTS) is 1. The van der Waals surface area contributed by atoms with Crippen LogP contribution in [-0.2, 0) is 4.79 Å². The topological polar surface area (TPSA) is 90.2 Å². The Morgan fingerprint density at radius 1 is 1.23 bits per heavy atom. The Labute approximate surface area is 212 Å². The number of allylic oxidation sites excluding steroid dienone is 1. The van der Waals surface area contributed by atoms with E-state index in [2.05, 4.69) is 25.7 Å². The fourth-order valence-corrected chi connectivity index (χ4v) is 7.42. The van der Waals surface area contributed by atoms with Gasteiger partial charge in [-0.2, -0.15) is 15.0 Å². The maximum Gasteiger partial charge on any atom is 0.368 e. The van der Waals surface area contributed by atoms with E-state index in [1.54, 1.807) is 13.0 Å². The van der Waals surface area contributed by atoms with Gasteiger partial charge >= 0.3 is 5.97 Å². The van der Waals surface area contributed by atoms with Crippen molar-refractivity contribution in [3.63, 3.8) is 0 Å². The number of ether oxygens (including phenoxy) is 1. The number of anilines is 2. The minimum Gasteiger partial charge on any atom is -0.476 e. The number of thioether (sulfide) groups is 1. The van der Waals surface area contributed by atoms with Crippen molar-refractivity contribution in [2.45, 2.75) is 50.3 Å². The highest BCUT2D eigenvalue weighted by atomic mass is 32.3. The van der Waals surface area contributed by atoms with E-state index in [-0.39, 0.29) is 35.0 Å². The number of benzene rings is 2. The third-order valence-electron chi connectivity index (χ3n) is 6.83. The molecular formula is C26H34FNO5S2. The summed E-state index contributed by atoms with van der Waals surface area (Å²) in [5.74, 6) is -2.82. The normalized spacial score (nSPS) is 21.1. The summed E-state index contributed by atoms with van der Waals surface area (Å²) in [6.07, 6.45) is 2.62. The van der Waals surface area contributed by atoms with E-state index in [0.717, 1.165) is 12.1 Å². The Morgan fingerprint density at radius 3 is 2.40 bits per heavy atom. The number of hydrogen-bond acceptors (Lipinski definition) is 6. The molecule has 0 saturated heterocycles. The van der Waals surface area contributed by atoms with Crippen LogP contribution in [0.2, 0.25) is 0 Å². The molecule has 192 valence electrons. The van der Waals surface area contributed by atoms with Gasteiger partial charge in [-0.05, 0) is 36.8 Å². The second-order valence-electron chi connectivity index (χ2n) is 9.07. The molecule has 3 rings (SSSR count). The first-order valence-corrected chi connectivity index (χ1v) is 14.5. The number of carbonyl (C=O) groups is 1. The summed E-state index contributed by atoms with van der Waals surface area (Å²) in [6, 6.07) is 13.2. The highest BCUT2D eigenvalue weighted by Crippen LogP contribution is 2.62. The smallest absolute Gasteiger partial charge is 0.368 e. The van der Waals surface area contributed by atoms with E-state index >= 15 is 0 Å². The van der Waals surface area contributed by atoms with E-state index in [1.165, 1.54) is 11.8 Å². The molecule has 1 aliphatic heterocycles. The molecule has 3 N–H and O–H groups in total. The van der Waals surface area contributed by atoms with Crippen LogP contribution in [0.25, 0.3) is 0 Å². The summed E-state index contributed by atoms with van der Waals surface area (Å²) in [5, 5.41) is 9.10. The van der Waals surface area contributed by atoms with Crippen molar-refractivity contribution in [1.82, 2.24) is 0 Å². The zero-order valence-electron chi connectivity index (χ0n) is 20.7. The van der Waals surface area contributed by atoms with Crippen LogP contribution in [0.1, 0.15) is 40.5 Å². The van der Waals surface area contributed by atoms with Gasteiger partial charge in [0.05, 0.1) is 21.2 Å². The van der Waals surface area contributed by atoms with E-state index in [4.69, 9.17) is 9.84 Å². The average molecular weight is 524 g/mol. The van der Waals surface area contributed by atoms with Crippen LogP contribution in [0.4, 0.5) is 15.8 Å². The molecule has 0 saturated carbocycles.